The first-order chi connectivity index (χ1) is 12.4. The molecule has 0 saturated heterocycles. The lowest BCUT2D eigenvalue weighted by Crippen LogP contribution is -2.23. The Bertz CT molecular complexity index is 1000. The van der Waals surface area contributed by atoms with Crippen molar-refractivity contribution in [2.24, 2.45) is 0 Å². The molecule has 2 N–H and O–H groups in total. The molecule has 3 rings (SSSR count). The Hall–Kier alpha value is -2.78. The summed E-state index contributed by atoms with van der Waals surface area (Å²) < 4.78 is 40.0. The summed E-state index contributed by atoms with van der Waals surface area (Å²) in [5, 5.41) is 4.58. The molecule has 0 radical (unpaired) electrons. The molecule has 3 aromatic rings. The molecule has 0 bridgehead atoms. The minimum Gasteiger partial charge on any atom is -0.348 e. The summed E-state index contributed by atoms with van der Waals surface area (Å²) in [6, 6.07) is 11.4. The minimum absolute atomic E-state index is 0.0226. The first kappa shape index (κ1) is 18.0. The Morgan fingerprint density at radius 1 is 1.15 bits per heavy atom. The quantitative estimate of drug-likeness (QED) is 0.676. The number of thiazole rings is 1. The predicted molar refractivity (Wildman–Crippen MR) is 96.9 cm³/mol. The molecule has 134 valence electrons. The molecular formula is C17H14FN3O3S2. The smallest absolute Gasteiger partial charge is 0.263 e. The van der Waals surface area contributed by atoms with Gasteiger partial charge >= 0.3 is 0 Å². The van der Waals surface area contributed by atoms with E-state index in [-0.39, 0.29) is 28.3 Å². The van der Waals surface area contributed by atoms with Gasteiger partial charge in [-0.05, 0) is 42.0 Å². The van der Waals surface area contributed by atoms with Gasteiger partial charge in [-0.1, -0.05) is 12.1 Å². The molecule has 1 aromatic heterocycles. The minimum atomic E-state index is -3.76. The van der Waals surface area contributed by atoms with E-state index in [1.807, 2.05) is 0 Å². The van der Waals surface area contributed by atoms with Gasteiger partial charge in [-0.15, -0.1) is 11.3 Å². The average molecular weight is 391 g/mol. The van der Waals surface area contributed by atoms with Crippen LogP contribution in [-0.2, 0) is 16.6 Å². The topological polar surface area (TPSA) is 88.2 Å². The number of anilines is 1. The Morgan fingerprint density at radius 3 is 2.58 bits per heavy atom. The number of nitrogens with one attached hydrogen (secondary N) is 2. The highest BCUT2D eigenvalue weighted by molar-refractivity contribution is 7.93. The Balaban J connectivity index is 1.66. The zero-order chi connectivity index (χ0) is 18.6. The SMILES string of the molecule is O=C(NCc1cccc(F)c1)c1ccc(S(=O)(=O)Nc2nccs2)cc1. The van der Waals surface area contributed by atoms with E-state index in [9.17, 15) is 17.6 Å². The van der Waals surface area contributed by atoms with Crippen molar-refractivity contribution in [1.82, 2.24) is 10.3 Å². The van der Waals surface area contributed by atoms with Gasteiger partial charge < -0.3 is 5.32 Å². The van der Waals surface area contributed by atoms with Crippen molar-refractivity contribution in [3.63, 3.8) is 0 Å². The van der Waals surface area contributed by atoms with E-state index in [1.54, 1.807) is 17.5 Å². The van der Waals surface area contributed by atoms with Crippen molar-refractivity contribution in [3.8, 4) is 0 Å². The molecule has 0 unspecified atom stereocenters. The van der Waals surface area contributed by atoms with E-state index in [0.717, 1.165) is 0 Å². The summed E-state index contributed by atoms with van der Waals surface area (Å²) in [7, 11) is -3.76. The standard InChI is InChI=1S/C17H14FN3O3S2/c18-14-3-1-2-12(10-14)11-20-16(22)13-4-6-15(7-5-13)26(23,24)21-17-19-8-9-25-17/h1-10H,11H2,(H,19,21)(H,20,22). The number of amides is 1. The van der Waals surface area contributed by atoms with Gasteiger partial charge in [0.2, 0.25) is 0 Å². The first-order valence-corrected chi connectivity index (χ1v) is 9.85. The fraction of sp³-hybridized carbons (Fsp3) is 0.0588. The zero-order valence-electron chi connectivity index (χ0n) is 13.3. The number of sulfonamides is 1. The second-order valence-corrected chi connectivity index (χ2v) is 7.86. The van der Waals surface area contributed by atoms with Gasteiger partial charge in [0.15, 0.2) is 5.13 Å². The van der Waals surface area contributed by atoms with E-state index in [4.69, 9.17) is 0 Å². The number of halogens is 1. The third-order valence-corrected chi connectivity index (χ3v) is 5.60. The third kappa shape index (κ3) is 4.44. The molecule has 26 heavy (non-hydrogen) atoms. The molecule has 0 fully saturated rings. The van der Waals surface area contributed by atoms with Gasteiger partial charge in [-0.2, -0.15) is 0 Å². The molecule has 0 aliphatic heterocycles. The number of aromatic nitrogens is 1. The molecule has 0 aliphatic carbocycles. The van der Waals surface area contributed by atoms with Crippen LogP contribution in [0, 0.1) is 5.82 Å². The highest BCUT2D eigenvalue weighted by Crippen LogP contribution is 2.18. The maximum Gasteiger partial charge on any atom is 0.263 e. The number of hydrogen-bond acceptors (Lipinski definition) is 5. The molecule has 9 heteroatoms. The summed E-state index contributed by atoms with van der Waals surface area (Å²) in [4.78, 5) is 16.0. The lowest BCUT2D eigenvalue weighted by molar-refractivity contribution is 0.0950. The Morgan fingerprint density at radius 2 is 1.92 bits per heavy atom. The molecule has 0 aliphatic rings. The van der Waals surface area contributed by atoms with Crippen LogP contribution in [0.15, 0.2) is 65.0 Å². The van der Waals surface area contributed by atoms with E-state index >= 15 is 0 Å². The van der Waals surface area contributed by atoms with Crippen LogP contribution >= 0.6 is 11.3 Å². The number of carbonyl (C=O) groups excluding carboxylic acids is 1. The van der Waals surface area contributed by atoms with Crippen LogP contribution in [0.4, 0.5) is 9.52 Å². The average Bonchev–Trinajstić information content (AvgIpc) is 3.12. The van der Waals surface area contributed by atoms with Crippen LogP contribution in [0.2, 0.25) is 0 Å². The van der Waals surface area contributed by atoms with Gasteiger partial charge in [0.25, 0.3) is 15.9 Å². The van der Waals surface area contributed by atoms with Crippen molar-refractivity contribution in [1.29, 1.82) is 0 Å². The zero-order valence-corrected chi connectivity index (χ0v) is 15.0. The van der Waals surface area contributed by atoms with E-state index < -0.39 is 10.0 Å². The van der Waals surface area contributed by atoms with Crippen molar-refractivity contribution in [3.05, 3.63) is 77.1 Å². The van der Waals surface area contributed by atoms with Crippen molar-refractivity contribution >= 4 is 32.4 Å². The van der Waals surface area contributed by atoms with Crippen LogP contribution in [0.5, 0.6) is 0 Å². The molecular weight excluding hydrogens is 377 g/mol. The van der Waals surface area contributed by atoms with Gasteiger partial charge in [-0.25, -0.2) is 17.8 Å². The highest BCUT2D eigenvalue weighted by atomic mass is 32.2. The number of nitrogens with zero attached hydrogens (tertiary/aromatic N) is 1. The highest BCUT2D eigenvalue weighted by Gasteiger charge is 2.16. The number of carbonyl (C=O) groups is 1. The maximum atomic E-state index is 13.1. The molecule has 1 heterocycles. The summed E-state index contributed by atoms with van der Waals surface area (Å²) in [6.07, 6.45) is 1.49. The molecule has 0 saturated carbocycles. The second-order valence-electron chi connectivity index (χ2n) is 5.28. The first-order valence-electron chi connectivity index (χ1n) is 7.49. The fourth-order valence-corrected chi connectivity index (χ4v) is 3.95. The lowest BCUT2D eigenvalue weighted by atomic mass is 10.2. The van der Waals surface area contributed by atoms with Crippen LogP contribution in [-0.4, -0.2) is 19.3 Å². The Kier molecular flexibility index (Phi) is 5.29. The predicted octanol–water partition coefficient (Wildman–Crippen LogP) is 3.01. The number of benzene rings is 2. The summed E-state index contributed by atoms with van der Waals surface area (Å²) in [5.41, 5.74) is 0.930. The van der Waals surface area contributed by atoms with Crippen LogP contribution in [0.1, 0.15) is 15.9 Å². The summed E-state index contributed by atoms with van der Waals surface area (Å²) in [6.45, 7) is 0.169. The van der Waals surface area contributed by atoms with Gasteiger partial charge in [0.05, 0.1) is 4.90 Å². The molecule has 0 spiro atoms. The molecule has 6 nitrogen and oxygen atoms in total. The normalized spacial score (nSPS) is 11.1. The second kappa shape index (κ2) is 7.63. The van der Waals surface area contributed by atoms with Crippen molar-refractivity contribution in [2.45, 2.75) is 11.4 Å². The van der Waals surface area contributed by atoms with Gasteiger partial charge in [0.1, 0.15) is 5.82 Å². The largest absolute Gasteiger partial charge is 0.348 e. The van der Waals surface area contributed by atoms with Crippen molar-refractivity contribution < 1.29 is 17.6 Å². The van der Waals surface area contributed by atoms with Gasteiger partial charge in [0, 0.05) is 23.7 Å². The number of rotatable bonds is 6. The van der Waals surface area contributed by atoms with Gasteiger partial charge in [-0.3, -0.25) is 9.52 Å². The molecule has 0 atom stereocenters. The third-order valence-electron chi connectivity index (χ3n) is 3.42. The lowest BCUT2D eigenvalue weighted by Gasteiger charge is -2.08. The monoisotopic (exact) mass is 391 g/mol. The van der Waals surface area contributed by atoms with E-state index in [1.165, 1.54) is 53.9 Å². The molecule has 1 amide bonds. The summed E-state index contributed by atoms with van der Waals surface area (Å²) >= 11 is 1.17. The van der Waals surface area contributed by atoms with E-state index in [0.29, 0.717) is 11.1 Å². The van der Waals surface area contributed by atoms with Crippen molar-refractivity contribution in [2.75, 3.05) is 4.72 Å². The Labute approximate surface area is 153 Å². The van der Waals surface area contributed by atoms with Crippen LogP contribution in [0.3, 0.4) is 0 Å². The van der Waals surface area contributed by atoms with Crippen LogP contribution in [0.25, 0.3) is 0 Å². The maximum absolute atomic E-state index is 13.1. The summed E-state index contributed by atoms with van der Waals surface area (Å²) in [5.74, 6) is -0.759. The number of hydrogen-bond donors (Lipinski definition) is 2. The van der Waals surface area contributed by atoms with E-state index in [2.05, 4.69) is 15.0 Å². The fourth-order valence-electron chi connectivity index (χ4n) is 2.16. The van der Waals surface area contributed by atoms with Crippen LogP contribution < -0.4 is 10.0 Å². The molecule has 2 aromatic carbocycles.